The second-order valence-electron chi connectivity index (χ2n) is 4.35. The molecule has 2 aromatic rings. The standard InChI is InChI=1S/C16H15Cl2NO2/c1-2-21-16(20)11-19(14-6-4-3-5-7-14)15-9-12(17)8-13(18)10-15/h3-10H,2,11H2,1H3. The highest BCUT2D eigenvalue weighted by molar-refractivity contribution is 6.35. The molecule has 2 rings (SSSR count). The molecule has 0 aromatic heterocycles. The van der Waals surface area contributed by atoms with E-state index in [0.717, 1.165) is 11.4 Å². The molecule has 21 heavy (non-hydrogen) atoms. The molecule has 0 fully saturated rings. The monoisotopic (exact) mass is 323 g/mol. The summed E-state index contributed by atoms with van der Waals surface area (Å²) >= 11 is 12.1. The van der Waals surface area contributed by atoms with Gasteiger partial charge >= 0.3 is 5.97 Å². The summed E-state index contributed by atoms with van der Waals surface area (Å²) in [4.78, 5) is 13.7. The maximum atomic E-state index is 11.8. The maximum Gasteiger partial charge on any atom is 0.325 e. The molecule has 110 valence electrons. The quantitative estimate of drug-likeness (QED) is 0.747. The van der Waals surface area contributed by atoms with Crippen molar-refractivity contribution >= 4 is 40.5 Å². The first kappa shape index (κ1) is 15.7. The Morgan fingerprint density at radius 1 is 1.05 bits per heavy atom. The molecule has 3 nitrogen and oxygen atoms in total. The van der Waals surface area contributed by atoms with Crippen LogP contribution >= 0.6 is 23.2 Å². The number of carbonyl (C=O) groups excluding carboxylic acids is 1. The Morgan fingerprint density at radius 2 is 1.67 bits per heavy atom. The second kappa shape index (κ2) is 7.34. The third kappa shape index (κ3) is 4.38. The molecule has 0 aliphatic carbocycles. The van der Waals surface area contributed by atoms with Crippen LogP contribution in [0, 0.1) is 0 Å². The lowest BCUT2D eigenvalue weighted by molar-refractivity contribution is -0.141. The van der Waals surface area contributed by atoms with Gasteiger partial charge in [0.25, 0.3) is 0 Å². The molecule has 0 saturated carbocycles. The number of hydrogen-bond acceptors (Lipinski definition) is 3. The van der Waals surface area contributed by atoms with Gasteiger partial charge in [0.2, 0.25) is 0 Å². The van der Waals surface area contributed by atoms with E-state index in [0.29, 0.717) is 16.7 Å². The van der Waals surface area contributed by atoms with Crippen LogP contribution in [0.25, 0.3) is 0 Å². The molecule has 0 amide bonds. The van der Waals surface area contributed by atoms with E-state index >= 15 is 0 Å². The van der Waals surface area contributed by atoms with Crippen molar-refractivity contribution < 1.29 is 9.53 Å². The van der Waals surface area contributed by atoms with Gasteiger partial charge in [-0.15, -0.1) is 0 Å². The van der Waals surface area contributed by atoms with Crippen LogP contribution in [0.15, 0.2) is 48.5 Å². The lowest BCUT2D eigenvalue weighted by atomic mass is 10.2. The number of halogens is 2. The number of esters is 1. The lowest BCUT2D eigenvalue weighted by Crippen LogP contribution is -2.26. The van der Waals surface area contributed by atoms with Crippen LogP contribution in [0.4, 0.5) is 11.4 Å². The summed E-state index contributed by atoms with van der Waals surface area (Å²) in [5, 5.41) is 1.03. The van der Waals surface area contributed by atoms with Gasteiger partial charge < -0.3 is 9.64 Å². The van der Waals surface area contributed by atoms with Crippen molar-refractivity contribution in [3.8, 4) is 0 Å². The van der Waals surface area contributed by atoms with Gasteiger partial charge in [-0.25, -0.2) is 0 Å². The van der Waals surface area contributed by atoms with Crippen molar-refractivity contribution in [2.24, 2.45) is 0 Å². The molecule has 0 bridgehead atoms. The van der Waals surface area contributed by atoms with Gasteiger partial charge in [0.1, 0.15) is 6.54 Å². The molecular formula is C16H15Cl2NO2. The molecule has 2 aromatic carbocycles. The number of carbonyl (C=O) groups is 1. The van der Waals surface area contributed by atoms with Crippen molar-refractivity contribution in [3.05, 3.63) is 58.6 Å². The first-order valence-electron chi connectivity index (χ1n) is 6.54. The average Bonchev–Trinajstić information content (AvgIpc) is 2.45. The number of para-hydroxylation sites is 1. The number of nitrogens with zero attached hydrogens (tertiary/aromatic N) is 1. The van der Waals surface area contributed by atoms with E-state index in [4.69, 9.17) is 27.9 Å². The Kier molecular flexibility index (Phi) is 5.48. The number of hydrogen-bond donors (Lipinski definition) is 0. The van der Waals surface area contributed by atoms with E-state index in [1.165, 1.54) is 0 Å². The zero-order chi connectivity index (χ0) is 15.2. The number of anilines is 2. The van der Waals surface area contributed by atoms with Crippen molar-refractivity contribution in [1.82, 2.24) is 0 Å². The Labute approximate surface area is 134 Å². The minimum atomic E-state index is -0.308. The van der Waals surface area contributed by atoms with Gasteiger partial charge in [0, 0.05) is 21.4 Å². The normalized spacial score (nSPS) is 10.2. The summed E-state index contributed by atoms with van der Waals surface area (Å²) in [6.45, 7) is 2.22. The molecular weight excluding hydrogens is 309 g/mol. The molecule has 0 spiro atoms. The maximum absolute atomic E-state index is 11.8. The first-order chi connectivity index (χ1) is 10.1. The summed E-state index contributed by atoms with van der Waals surface area (Å²) in [5.41, 5.74) is 1.61. The van der Waals surface area contributed by atoms with Crippen LogP contribution in [-0.2, 0) is 9.53 Å². The summed E-state index contributed by atoms with van der Waals surface area (Å²) in [5.74, 6) is -0.308. The van der Waals surface area contributed by atoms with Crippen LogP contribution in [0.3, 0.4) is 0 Å². The van der Waals surface area contributed by atoms with E-state index in [9.17, 15) is 4.79 Å². The third-order valence-corrected chi connectivity index (χ3v) is 3.26. The van der Waals surface area contributed by atoms with Crippen LogP contribution in [0.1, 0.15) is 6.92 Å². The van der Waals surface area contributed by atoms with Gasteiger partial charge in [-0.05, 0) is 37.3 Å². The van der Waals surface area contributed by atoms with Crippen LogP contribution in [0.2, 0.25) is 10.0 Å². The van der Waals surface area contributed by atoms with E-state index < -0.39 is 0 Å². The summed E-state index contributed by atoms with van der Waals surface area (Å²) < 4.78 is 5.03. The predicted octanol–water partition coefficient (Wildman–Crippen LogP) is 4.69. The van der Waals surface area contributed by atoms with Crippen molar-refractivity contribution in [3.63, 3.8) is 0 Å². The van der Waals surface area contributed by atoms with Gasteiger partial charge in [0.15, 0.2) is 0 Å². The lowest BCUT2D eigenvalue weighted by Gasteiger charge is -2.24. The fourth-order valence-corrected chi connectivity index (χ4v) is 2.48. The molecule has 0 N–H and O–H groups in total. The van der Waals surface area contributed by atoms with Crippen LogP contribution < -0.4 is 4.90 Å². The van der Waals surface area contributed by atoms with Crippen molar-refractivity contribution in [2.75, 3.05) is 18.1 Å². The fourth-order valence-electron chi connectivity index (χ4n) is 1.97. The minimum Gasteiger partial charge on any atom is -0.465 e. The van der Waals surface area contributed by atoms with E-state index in [1.54, 1.807) is 25.1 Å². The minimum absolute atomic E-state index is 0.0918. The van der Waals surface area contributed by atoms with E-state index in [2.05, 4.69) is 0 Å². The molecule has 0 aliphatic heterocycles. The summed E-state index contributed by atoms with van der Waals surface area (Å²) in [6, 6.07) is 14.7. The second-order valence-corrected chi connectivity index (χ2v) is 5.23. The van der Waals surface area contributed by atoms with Gasteiger partial charge in [-0.1, -0.05) is 41.4 Å². The third-order valence-electron chi connectivity index (χ3n) is 2.82. The van der Waals surface area contributed by atoms with Crippen molar-refractivity contribution in [1.29, 1.82) is 0 Å². The van der Waals surface area contributed by atoms with E-state index in [1.807, 2.05) is 35.2 Å². The van der Waals surface area contributed by atoms with Crippen LogP contribution in [-0.4, -0.2) is 19.1 Å². The molecule has 0 atom stereocenters. The number of ether oxygens (including phenoxy) is 1. The number of rotatable bonds is 5. The molecule has 0 unspecified atom stereocenters. The number of benzene rings is 2. The smallest absolute Gasteiger partial charge is 0.325 e. The van der Waals surface area contributed by atoms with E-state index in [-0.39, 0.29) is 12.5 Å². The van der Waals surface area contributed by atoms with Gasteiger partial charge in [-0.3, -0.25) is 4.79 Å². The SMILES string of the molecule is CCOC(=O)CN(c1ccccc1)c1cc(Cl)cc(Cl)c1. The largest absolute Gasteiger partial charge is 0.465 e. The topological polar surface area (TPSA) is 29.5 Å². The zero-order valence-corrected chi connectivity index (χ0v) is 13.1. The molecule has 5 heteroatoms. The highest BCUT2D eigenvalue weighted by Gasteiger charge is 2.15. The fraction of sp³-hybridized carbons (Fsp3) is 0.188. The Morgan fingerprint density at radius 3 is 2.24 bits per heavy atom. The highest BCUT2D eigenvalue weighted by Crippen LogP contribution is 2.30. The highest BCUT2D eigenvalue weighted by atomic mass is 35.5. The van der Waals surface area contributed by atoms with Crippen LogP contribution in [0.5, 0.6) is 0 Å². The van der Waals surface area contributed by atoms with Crippen molar-refractivity contribution in [2.45, 2.75) is 6.92 Å². The predicted molar refractivity (Wildman–Crippen MR) is 86.5 cm³/mol. The molecule has 0 aliphatic rings. The molecule has 0 heterocycles. The molecule has 0 radical (unpaired) electrons. The summed E-state index contributed by atoms with van der Waals surface area (Å²) in [6.07, 6.45) is 0. The van der Waals surface area contributed by atoms with Gasteiger partial charge in [0.05, 0.1) is 6.61 Å². The Bertz CT molecular complexity index is 597. The zero-order valence-electron chi connectivity index (χ0n) is 11.6. The average molecular weight is 324 g/mol. The summed E-state index contributed by atoms with van der Waals surface area (Å²) in [7, 11) is 0. The Balaban J connectivity index is 2.37. The molecule has 0 saturated heterocycles. The Hall–Kier alpha value is -1.71. The van der Waals surface area contributed by atoms with Gasteiger partial charge in [-0.2, -0.15) is 0 Å². The first-order valence-corrected chi connectivity index (χ1v) is 7.30.